The molecule has 0 aromatic heterocycles. The monoisotopic (exact) mass is 287 g/mol. The number of hydrogen-bond donors (Lipinski definition) is 1. The predicted molar refractivity (Wildman–Crippen MR) is 79.6 cm³/mol. The Hall–Kier alpha value is -1.94. The minimum atomic E-state index is -0.409. The summed E-state index contributed by atoms with van der Waals surface area (Å²) in [6, 6.07) is 9.92. The third-order valence-electron chi connectivity index (χ3n) is 4.30. The van der Waals surface area contributed by atoms with Crippen molar-refractivity contribution in [2.45, 2.75) is 19.4 Å². The van der Waals surface area contributed by atoms with Gasteiger partial charge in [0, 0.05) is 30.0 Å². The molecular weight excluding hydrogens is 269 g/mol. The first-order valence-electron chi connectivity index (χ1n) is 7.22. The zero-order valence-electron chi connectivity index (χ0n) is 11.9. The maximum atomic E-state index is 13.8. The Kier molecular flexibility index (Phi) is 3.64. The fraction of sp³-hybridized carbons (Fsp3) is 0.353. The highest BCUT2D eigenvalue weighted by atomic mass is 19.1. The summed E-state index contributed by atoms with van der Waals surface area (Å²) >= 11 is 0. The molecule has 1 heterocycles. The summed E-state index contributed by atoms with van der Waals surface area (Å²) in [5, 5.41) is 10.8. The molecule has 1 aliphatic rings. The molecule has 1 fully saturated rings. The number of aliphatic hydroxyl groups excluding tert-OH is 1. The van der Waals surface area contributed by atoms with Gasteiger partial charge in [0.1, 0.15) is 5.82 Å². The first kappa shape index (κ1) is 14.0. The fourth-order valence-electron chi connectivity index (χ4n) is 2.98. The van der Waals surface area contributed by atoms with Crippen LogP contribution in [-0.4, -0.2) is 35.1 Å². The quantitative estimate of drug-likeness (QED) is 0.922. The van der Waals surface area contributed by atoms with Gasteiger partial charge in [-0.05, 0) is 30.9 Å². The van der Waals surface area contributed by atoms with Gasteiger partial charge in [-0.3, -0.25) is 4.79 Å². The average molecular weight is 287 g/mol. The van der Waals surface area contributed by atoms with E-state index in [4.69, 9.17) is 0 Å². The van der Waals surface area contributed by atoms with Gasteiger partial charge in [-0.2, -0.15) is 0 Å². The van der Waals surface area contributed by atoms with E-state index in [1.54, 1.807) is 42.2 Å². The van der Waals surface area contributed by atoms with Gasteiger partial charge in [0.15, 0.2) is 0 Å². The van der Waals surface area contributed by atoms with Gasteiger partial charge in [-0.1, -0.05) is 24.3 Å². The van der Waals surface area contributed by atoms with Gasteiger partial charge < -0.3 is 10.0 Å². The molecule has 2 unspecified atom stereocenters. The lowest BCUT2D eigenvalue weighted by molar-refractivity contribution is 0.0764. The van der Waals surface area contributed by atoms with Crippen molar-refractivity contribution in [1.29, 1.82) is 0 Å². The zero-order chi connectivity index (χ0) is 15.0. The zero-order valence-corrected chi connectivity index (χ0v) is 11.9. The first-order chi connectivity index (χ1) is 10.1. The van der Waals surface area contributed by atoms with E-state index in [1.807, 2.05) is 0 Å². The summed E-state index contributed by atoms with van der Waals surface area (Å²) < 4.78 is 13.8. The summed E-state index contributed by atoms with van der Waals surface area (Å²) in [6.07, 6.45) is 0.399. The van der Waals surface area contributed by atoms with E-state index in [-0.39, 0.29) is 17.6 Å². The van der Waals surface area contributed by atoms with Crippen molar-refractivity contribution in [1.82, 2.24) is 4.90 Å². The van der Waals surface area contributed by atoms with Gasteiger partial charge in [-0.15, -0.1) is 0 Å². The maximum absolute atomic E-state index is 13.8. The van der Waals surface area contributed by atoms with Crippen LogP contribution in [-0.2, 0) is 0 Å². The van der Waals surface area contributed by atoms with Gasteiger partial charge in [0.2, 0.25) is 0 Å². The topological polar surface area (TPSA) is 40.5 Å². The third kappa shape index (κ3) is 2.51. The van der Waals surface area contributed by atoms with Crippen LogP contribution in [0.4, 0.5) is 4.39 Å². The molecule has 1 saturated heterocycles. The molecule has 1 amide bonds. The second kappa shape index (κ2) is 5.45. The lowest BCUT2D eigenvalue weighted by atomic mass is 10.0. The molecule has 21 heavy (non-hydrogen) atoms. The molecule has 0 bridgehead atoms. The molecule has 1 N–H and O–H groups in total. The predicted octanol–water partition coefficient (Wildman–Crippen LogP) is 2.82. The van der Waals surface area contributed by atoms with Gasteiger partial charge >= 0.3 is 0 Å². The van der Waals surface area contributed by atoms with Crippen LogP contribution in [0.2, 0.25) is 0 Å². The number of amides is 1. The molecule has 0 saturated carbocycles. The Morgan fingerprint density at radius 3 is 2.67 bits per heavy atom. The third-order valence-corrected chi connectivity index (χ3v) is 4.30. The molecule has 1 aliphatic heterocycles. The molecule has 2 aromatic carbocycles. The standard InChI is InChI=1S/C17H18FNO2/c1-11(20)12-8-9-19(10-12)17(21)15-6-7-16(18)14-5-3-2-4-13(14)15/h2-7,11-12,20H,8-10H2,1H3. The van der Waals surface area contributed by atoms with Crippen molar-refractivity contribution in [3.05, 3.63) is 47.8 Å². The molecule has 3 nitrogen and oxygen atoms in total. The number of likely N-dealkylation sites (tertiary alicyclic amines) is 1. The Bertz CT molecular complexity index is 684. The second-order valence-electron chi connectivity index (χ2n) is 5.68. The minimum absolute atomic E-state index is 0.0886. The number of aliphatic hydroxyl groups is 1. The number of halogens is 1. The highest BCUT2D eigenvalue weighted by Crippen LogP contribution is 2.26. The Morgan fingerprint density at radius 2 is 2.00 bits per heavy atom. The van der Waals surface area contributed by atoms with E-state index in [0.717, 1.165) is 6.42 Å². The molecule has 4 heteroatoms. The SMILES string of the molecule is CC(O)C1CCN(C(=O)c2ccc(F)c3ccccc23)C1. The Balaban J connectivity index is 1.94. The number of hydrogen-bond acceptors (Lipinski definition) is 2. The molecule has 0 aliphatic carbocycles. The van der Waals surface area contributed by atoms with Crippen LogP contribution in [0.5, 0.6) is 0 Å². The highest BCUT2D eigenvalue weighted by molar-refractivity contribution is 6.07. The fourth-order valence-corrected chi connectivity index (χ4v) is 2.98. The van der Waals surface area contributed by atoms with Crippen LogP contribution in [0, 0.1) is 11.7 Å². The van der Waals surface area contributed by atoms with Gasteiger partial charge in [-0.25, -0.2) is 4.39 Å². The maximum Gasteiger partial charge on any atom is 0.254 e. The van der Waals surface area contributed by atoms with Crippen LogP contribution in [0.15, 0.2) is 36.4 Å². The van der Waals surface area contributed by atoms with Crippen molar-refractivity contribution in [2.24, 2.45) is 5.92 Å². The van der Waals surface area contributed by atoms with Crippen LogP contribution in [0.25, 0.3) is 10.8 Å². The van der Waals surface area contributed by atoms with Crippen molar-refractivity contribution in [3.8, 4) is 0 Å². The average Bonchev–Trinajstić information content (AvgIpc) is 2.97. The number of nitrogens with zero attached hydrogens (tertiary/aromatic N) is 1. The second-order valence-corrected chi connectivity index (χ2v) is 5.68. The minimum Gasteiger partial charge on any atom is -0.393 e. The molecule has 0 radical (unpaired) electrons. The van der Waals surface area contributed by atoms with E-state index >= 15 is 0 Å². The van der Waals surface area contributed by atoms with Crippen molar-refractivity contribution >= 4 is 16.7 Å². The molecule has 0 spiro atoms. The van der Waals surface area contributed by atoms with Crippen LogP contribution < -0.4 is 0 Å². The van der Waals surface area contributed by atoms with Gasteiger partial charge in [0.25, 0.3) is 5.91 Å². The first-order valence-corrected chi connectivity index (χ1v) is 7.22. The molecule has 2 aromatic rings. The summed E-state index contributed by atoms with van der Waals surface area (Å²) in [7, 11) is 0. The number of carbonyl (C=O) groups is 1. The van der Waals surface area contributed by atoms with Crippen LogP contribution >= 0.6 is 0 Å². The summed E-state index contributed by atoms with van der Waals surface area (Å²) in [6.45, 7) is 2.95. The summed E-state index contributed by atoms with van der Waals surface area (Å²) in [4.78, 5) is 14.4. The summed E-state index contributed by atoms with van der Waals surface area (Å²) in [5.41, 5.74) is 0.526. The Labute approximate surface area is 123 Å². The van der Waals surface area contributed by atoms with Crippen molar-refractivity contribution in [2.75, 3.05) is 13.1 Å². The van der Waals surface area contributed by atoms with E-state index < -0.39 is 6.10 Å². The smallest absolute Gasteiger partial charge is 0.254 e. The lowest BCUT2D eigenvalue weighted by Crippen LogP contribution is -2.30. The molecule has 3 rings (SSSR count). The van der Waals surface area contributed by atoms with Crippen LogP contribution in [0.3, 0.4) is 0 Å². The number of carbonyl (C=O) groups excluding carboxylic acids is 1. The van der Waals surface area contributed by atoms with E-state index in [9.17, 15) is 14.3 Å². The van der Waals surface area contributed by atoms with E-state index in [2.05, 4.69) is 0 Å². The highest BCUT2D eigenvalue weighted by Gasteiger charge is 2.30. The number of rotatable bonds is 2. The lowest BCUT2D eigenvalue weighted by Gasteiger charge is -2.19. The number of fused-ring (bicyclic) bond motifs is 1. The number of benzene rings is 2. The van der Waals surface area contributed by atoms with Crippen molar-refractivity contribution < 1.29 is 14.3 Å². The van der Waals surface area contributed by atoms with Gasteiger partial charge in [0.05, 0.1) is 6.10 Å². The Morgan fingerprint density at radius 1 is 1.29 bits per heavy atom. The van der Waals surface area contributed by atoms with E-state index in [0.29, 0.717) is 29.4 Å². The summed E-state index contributed by atoms with van der Waals surface area (Å²) in [5.74, 6) is -0.277. The largest absolute Gasteiger partial charge is 0.393 e. The van der Waals surface area contributed by atoms with E-state index in [1.165, 1.54) is 6.07 Å². The molecular formula is C17H18FNO2. The van der Waals surface area contributed by atoms with Crippen LogP contribution in [0.1, 0.15) is 23.7 Å². The normalized spacial score (nSPS) is 20.0. The molecule has 110 valence electrons. The van der Waals surface area contributed by atoms with Crippen molar-refractivity contribution in [3.63, 3.8) is 0 Å². The molecule has 2 atom stereocenters.